The first kappa shape index (κ1) is 24.0. The van der Waals surface area contributed by atoms with Crippen LogP contribution in [0.2, 0.25) is 5.02 Å². The summed E-state index contributed by atoms with van der Waals surface area (Å²) in [5.74, 6) is 0.387. The number of aromatic nitrogens is 5. The number of ether oxygens (including phenoxy) is 1. The number of rotatable bonds is 5. The predicted octanol–water partition coefficient (Wildman–Crippen LogP) is 5.56. The van der Waals surface area contributed by atoms with Gasteiger partial charge in [-0.15, -0.1) is 0 Å². The van der Waals surface area contributed by atoms with Crippen LogP contribution in [-0.4, -0.2) is 37.9 Å². The summed E-state index contributed by atoms with van der Waals surface area (Å²) in [6.45, 7) is 1.84. The molecule has 182 valence electrons. The standard InChI is InChI=1S/C25H22ClN7O2S/c1-13-7-17(18-8-16(26)10-30-23(18)35-2)19(11-28-13)22(34)33-25-32-21-24(36-25)31-20(12-29-21)15-5-3-14(9-27)4-6-15/h7-8,10-12,14-15H,3-6H2,1-2H3,(H,29,32,33,34). The molecule has 4 aromatic heterocycles. The van der Waals surface area contributed by atoms with Gasteiger partial charge in [-0.25, -0.2) is 15.0 Å². The van der Waals surface area contributed by atoms with E-state index in [1.165, 1.54) is 30.8 Å². The first-order chi connectivity index (χ1) is 17.4. The Labute approximate surface area is 216 Å². The van der Waals surface area contributed by atoms with Crippen LogP contribution in [0, 0.1) is 24.2 Å². The third-order valence-electron chi connectivity index (χ3n) is 6.28. The highest BCUT2D eigenvalue weighted by Gasteiger charge is 2.24. The maximum Gasteiger partial charge on any atom is 0.259 e. The van der Waals surface area contributed by atoms with Crippen molar-refractivity contribution < 1.29 is 9.53 Å². The lowest BCUT2D eigenvalue weighted by Gasteiger charge is -2.23. The summed E-state index contributed by atoms with van der Waals surface area (Å²) >= 11 is 7.45. The third kappa shape index (κ3) is 4.85. The predicted molar refractivity (Wildman–Crippen MR) is 137 cm³/mol. The normalized spacial score (nSPS) is 17.5. The fourth-order valence-corrected chi connectivity index (χ4v) is 5.37. The van der Waals surface area contributed by atoms with Crippen LogP contribution in [-0.2, 0) is 0 Å². The van der Waals surface area contributed by atoms with Gasteiger partial charge in [-0.3, -0.25) is 15.1 Å². The molecule has 4 heterocycles. The van der Waals surface area contributed by atoms with E-state index in [1.54, 1.807) is 18.3 Å². The number of anilines is 1. The highest BCUT2D eigenvalue weighted by atomic mass is 35.5. The van der Waals surface area contributed by atoms with E-state index in [0.29, 0.717) is 43.2 Å². The second kappa shape index (κ2) is 10.1. The molecule has 0 aliphatic heterocycles. The number of methoxy groups -OCH3 is 1. The molecule has 1 saturated carbocycles. The largest absolute Gasteiger partial charge is 0.481 e. The molecule has 0 bridgehead atoms. The van der Waals surface area contributed by atoms with Gasteiger partial charge in [-0.05, 0) is 44.7 Å². The van der Waals surface area contributed by atoms with Crippen LogP contribution in [0.4, 0.5) is 5.13 Å². The molecule has 1 N–H and O–H groups in total. The number of hydrogen-bond donors (Lipinski definition) is 1. The minimum absolute atomic E-state index is 0.131. The van der Waals surface area contributed by atoms with Crippen molar-refractivity contribution in [1.29, 1.82) is 5.26 Å². The Balaban J connectivity index is 1.41. The minimum Gasteiger partial charge on any atom is -0.481 e. The first-order valence-corrected chi connectivity index (χ1v) is 12.7. The first-order valence-electron chi connectivity index (χ1n) is 11.5. The second-order valence-electron chi connectivity index (χ2n) is 8.66. The highest BCUT2D eigenvalue weighted by molar-refractivity contribution is 7.21. The lowest BCUT2D eigenvalue weighted by Crippen LogP contribution is -2.14. The SMILES string of the molecule is COc1ncc(Cl)cc1-c1cc(C)ncc1C(=O)Nc1nc2ncc(C3CCC(C#N)CC3)nc2s1. The topological polar surface area (TPSA) is 127 Å². The van der Waals surface area contributed by atoms with Gasteiger partial charge in [0.25, 0.3) is 5.91 Å². The summed E-state index contributed by atoms with van der Waals surface area (Å²) in [5, 5.41) is 12.8. The van der Waals surface area contributed by atoms with Crippen molar-refractivity contribution in [3.05, 3.63) is 52.7 Å². The quantitative estimate of drug-likeness (QED) is 0.363. The van der Waals surface area contributed by atoms with E-state index in [0.717, 1.165) is 37.1 Å². The molecule has 0 aromatic carbocycles. The summed E-state index contributed by atoms with van der Waals surface area (Å²) in [5.41, 5.74) is 3.63. The molecule has 9 nitrogen and oxygen atoms in total. The van der Waals surface area contributed by atoms with Crippen LogP contribution in [0.5, 0.6) is 5.88 Å². The Hall–Kier alpha value is -3.68. The molecule has 0 unspecified atom stereocenters. The van der Waals surface area contributed by atoms with Gasteiger partial charge in [-0.1, -0.05) is 22.9 Å². The number of halogens is 1. The van der Waals surface area contributed by atoms with E-state index in [-0.39, 0.29) is 17.7 Å². The fourth-order valence-electron chi connectivity index (χ4n) is 4.41. The molecule has 1 fully saturated rings. The average Bonchev–Trinajstić information content (AvgIpc) is 3.30. The molecule has 11 heteroatoms. The van der Waals surface area contributed by atoms with Crippen LogP contribution < -0.4 is 10.1 Å². The highest BCUT2D eigenvalue weighted by Crippen LogP contribution is 2.36. The van der Waals surface area contributed by atoms with E-state index in [4.69, 9.17) is 26.6 Å². The molecule has 4 aromatic rings. The van der Waals surface area contributed by atoms with Gasteiger partial charge in [0.15, 0.2) is 15.6 Å². The number of carbonyl (C=O) groups is 1. The number of pyridine rings is 2. The molecule has 1 aliphatic rings. The Kier molecular flexibility index (Phi) is 6.76. The maximum absolute atomic E-state index is 13.3. The van der Waals surface area contributed by atoms with Crippen molar-refractivity contribution >= 4 is 44.5 Å². The molecule has 0 radical (unpaired) electrons. The number of nitrogens with one attached hydrogen (secondary N) is 1. The Morgan fingerprint density at radius 1 is 1.11 bits per heavy atom. The number of carbonyl (C=O) groups excluding carboxylic acids is 1. The molecular weight excluding hydrogens is 498 g/mol. The van der Waals surface area contributed by atoms with E-state index < -0.39 is 0 Å². The lowest BCUT2D eigenvalue weighted by atomic mass is 9.81. The number of aryl methyl sites for hydroxylation is 1. The molecule has 0 atom stereocenters. The van der Waals surface area contributed by atoms with Crippen molar-refractivity contribution in [2.75, 3.05) is 12.4 Å². The average molecular weight is 520 g/mol. The smallest absolute Gasteiger partial charge is 0.259 e. The van der Waals surface area contributed by atoms with Gasteiger partial charge in [0.05, 0.1) is 35.7 Å². The van der Waals surface area contributed by atoms with Gasteiger partial charge < -0.3 is 4.74 Å². The van der Waals surface area contributed by atoms with Crippen LogP contribution >= 0.6 is 22.9 Å². The van der Waals surface area contributed by atoms with Gasteiger partial charge in [0.2, 0.25) is 5.88 Å². The molecule has 0 saturated heterocycles. The zero-order valence-corrected chi connectivity index (χ0v) is 21.2. The second-order valence-corrected chi connectivity index (χ2v) is 10.1. The van der Waals surface area contributed by atoms with Crippen molar-refractivity contribution in [3.8, 4) is 23.1 Å². The van der Waals surface area contributed by atoms with Gasteiger partial charge in [0.1, 0.15) is 0 Å². The van der Waals surface area contributed by atoms with Gasteiger partial charge in [0, 0.05) is 41.1 Å². The number of fused-ring (bicyclic) bond motifs is 1. The number of thiazole rings is 1. The lowest BCUT2D eigenvalue weighted by molar-refractivity contribution is 0.102. The molecule has 1 aliphatic carbocycles. The zero-order valence-electron chi connectivity index (χ0n) is 19.7. The molecule has 0 spiro atoms. The Morgan fingerprint density at radius 2 is 1.92 bits per heavy atom. The van der Waals surface area contributed by atoms with Gasteiger partial charge in [-0.2, -0.15) is 10.2 Å². The van der Waals surface area contributed by atoms with Crippen molar-refractivity contribution in [2.45, 2.75) is 38.5 Å². The van der Waals surface area contributed by atoms with Gasteiger partial charge >= 0.3 is 0 Å². The maximum atomic E-state index is 13.3. The number of nitriles is 1. The van der Waals surface area contributed by atoms with E-state index >= 15 is 0 Å². The van der Waals surface area contributed by atoms with E-state index in [2.05, 4.69) is 31.3 Å². The van der Waals surface area contributed by atoms with Crippen molar-refractivity contribution in [1.82, 2.24) is 24.9 Å². The van der Waals surface area contributed by atoms with E-state index in [9.17, 15) is 4.79 Å². The number of nitrogens with zero attached hydrogens (tertiary/aromatic N) is 6. The fraction of sp³-hybridized carbons (Fsp3) is 0.320. The molecular formula is C25H22ClN7O2S. The summed E-state index contributed by atoms with van der Waals surface area (Å²) in [4.78, 5) is 36.2. The number of hydrogen-bond acceptors (Lipinski definition) is 9. The van der Waals surface area contributed by atoms with Crippen LogP contribution in [0.3, 0.4) is 0 Å². The monoisotopic (exact) mass is 519 g/mol. The third-order valence-corrected chi connectivity index (χ3v) is 7.34. The molecule has 5 rings (SSSR count). The zero-order chi connectivity index (χ0) is 25.2. The molecule has 36 heavy (non-hydrogen) atoms. The van der Waals surface area contributed by atoms with E-state index in [1.807, 2.05) is 6.92 Å². The Morgan fingerprint density at radius 3 is 2.67 bits per heavy atom. The molecule has 1 amide bonds. The summed E-state index contributed by atoms with van der Waals surface area (Å²) in [6.07, 6.45) is 8.36. The summed E-state index contributed by atoms with van der Waals surface area (Å²) < 4.78 is 5.40. The van der Waals surface area contributed by atoms with Crippen LogP contribution in [0.15, 0.2) is 30.7 Å². The van der Waals surface area contributed by atoms with Crippen molar-refractivity contribution in [2.24, 2.45) is 5.92 Å². The van der Waals surface area contributed by atoms with Crippen LogP contribution in [0.25, 0.3) is 21.6 Å². The summed E-state index contributed by atoms with van der Waals surface area (Å²) in [7, 11) is 1.51. The Bertz CT molecular complexity index is 1490. The van der Waals surface area contributed by atoms with Crippen molar-refractivity contribution in [3.63, 3.8) is 0 Å². The summed E-state index contributed by atoms with van der Waals surface area (Å²) in [6, 6.07) is 5.86. The minimum atomic E-state index is -0.381. The van der Waals surface area contributed by atoms with Crippen LogP contribution in [0.1, 0.15) is 53.3 Å². The number of amides is 1.